The summed E-state index contributed by atoms with van der Waals surface area (Å²) in [5, 5.41) is 56.3. The van der Waals surface area contributed by atoms with Gasteiger partial charge in [-0.05, 0) is 49.3 Å². The fourth-order valence-corrected chi connectivity index (χ4v) is 5.35. The molecule has 0 radical (unpaired) electrons. The predicted octanol–water partition coefficient (Wildman–Crippen LogP) is 5.01. The van der Waals surface area contributed by atoms with Crippen molar-refractivity contribution in [1.29, 1.82) is 0 Å². The molecule has 0 aromatic rings. The molecule has 258 valence electrons. The van der Waals surface area contributed by atoms with Crippen molar-refractivity contribution in [3.8, 4) is 0 Å². The van der Waals surface area contributed by atoms with E-state index >= 15 is 0 Å². The van der Waals surface area contributed by atoms with Crippen LogP contribution in [0.15, 0.2) is 0 Å². The van der Waals surface area contributed by atoms with Crippen molar-refractivity contribution in [2.45, 2.75) is 137 Å². The first kappa shape index (κ1) is 46.4. The number of aliphatic hydroxyl groups excluding tert-OH is 6. The van der Waals surface area contributed by atoms with Gasteiger partial charge in [-0.3, -0.25) is 0 Å². The van der Waals surface area contributed by atoms with Crippen LogP contribution in [0.4, 0.5) is 0 Å². The number of hydrogen-bond acceptors (Lipinski definition) is 9. The van der Waals surface area contributed by atoms with Crippen LogP contribution in [-0.4, -0.2) is 107 Å². The smallest absolute Gasteiger partial charge is 0.100 e. The molecule has 6 unspecified atom stereocenters. The average Bonchev–Trinajstić information content (AvgIpc) is 3.02. The summed E-state index contributed by atoms with van der Waals surface area (Å²) >= 11 is 1.76. The number of ether oxygens (including phenoxy) is 1. The minimum atomic E-state index is -0.723. The van der Waals surface area contributed by atoms with Gasteiger partial charge in [0.25, 0.3) is 0 Å². The largest absolute Gasteiger partial charge is 0.394 e. The lowest BCUT2D eigenvalue weighted by Crippen LogP contribution is -2.32. The first-order valence-electron chi connectivity index (χ1n) is 17.0. The van der Waals surface area contributed by atoms with Crippen LogP contribution in [-0.2, 0) is 4.74 Å². The molecule has 6 atom stereocenters. The highest BCUT2D eigenvalue weighted by atomic mass is 32.2. The third kappa shape index (κ3) is 34.5. The number of nitrogens with one attached hydrogen (secondary N) is 1. The lowest BCUT2D eigenvalue weighted by molar-refractivity contribution is -0.00599. The summed E-state index contributed by atoms with van der Waals surface area (Å²) < 4.78 is 5.33. The lowest BCUT2D eigenvalue weighted by atomic mass is 9.99. The van der Waals surface area contributed by atoms with Crippen molar-refractivity contribution >= 4 is 11.8 Å². The maximum atomic E-state index is 9.15. The number of thioether (sulfide) groups is 1. The van der Waals surface area contributed by atoms with Gasteiger partial charge < -0.3 is 40.7 Å². The van der Waals surface area contributed by atoms with E-state index in [9.17, 15) is 0 Å². The number of rotatable bonds is 27. The number of unbranched alkanes of at least 4 members (excludes halogenated alkanes) is 3. The molecule has 9 heteroatoms. The van der Waals surface area contributed by atoms with E-state index in [1.165, 1.54) is 70.6 Å². The molecule has 0 aliphatic heterocycles. The summed E-state index contributed by atoms with van der Waals surface area (Å²) in [5.74, 6) is 3.87. The van der Waals surface area contributed by atoms with Crippen molar-refractivity contribution in [1.82, 2.24) is 5.32 Å². The summed E-state index contributed by atoms with van der Waals surface area (Å²) in [6, 6.07) is 0. The molecule has 0 aliphatic rings. The molecule has 8 nitrogen and oxygen atoms in total. The zero-order valence-corrected chi connectivity index (χ0v) is 29.1. The first-order chi connectivity index (χ1) is 20.2. The van der Waals surface area contributed by atoms with Crippen molar-refractivity contribution in [3.05, 3.63) is 0 Å². The fourth-order valence-electron chi connectivity index (χ4n) is 4.11. The zero-order chi connectivity index (χ0) is 32.4. The predicted molar refractivity (Wildman–Crippen MR) is 180 cm³/mol. The van der Waals surface area contributed by atoms with Gasteiger partial charge >= 0.3 is 0 Å². The maximum Gasteiger partial charge on any atom is 0.100 e. The zero-order valence-electron chi connectivity index (χ0n) is 28.3. The molecule has 42 heavy (non-hydrogen) atoms. The van der Waals surface area contributed by atoms with Crippen LogP contribution in [0.2, 0.25) is 0 Å². The summed E-state index contributed by atoms with van der Waals surface area (Å²) in [7, 11) is 0. The summed E-state index contributed by atoms with van der Waals surface area (Å²) in [6.07, 6.45) is 13.0. The van der Waals surface area contributed by atoms with Gasteiger partial charge in [-0.15, -0.1) is 0 Å². The van der Waals surface area contributed by atoms with Gasteiger partial charge in [-0.25, -0.2) is 0 Å². The normalized spacial score (nSPS) is 15.4. The van der Waals surface area contributed by atoms with Crippen LogP contribution >= 0.6 is 11.8 Å². The fraction of sp³-hybridized carbons (Fsp3) is 1.00. The van der Waals surface area contributed by atoms with Crippen LogP contribution in [0.3, 0.4) is 0 Å². The molecule has 7 N–H and O–H groups in total. The van der Waals surface area contributed by atoms with Gasteiger partial charge in [0.15, 0.2) is 0 Å². The van der Waals surface area contributed by atoms with Gasteiger partial charge in [-0.1, -0.05) is 99.3 Å². The Labute approximate surface area is 264 Å². The van der Waals surface area contributed by atoms with E-state index in [1.54, 1.807) is 11.8 Å². The number of hydrogen-bond donors (Lipinski definition) is 7. The Morgan fingerprint density at radius 2 is 1.02 bits per heavy atom. The molecule has 0 saturated carbocycles. The van der Waals surface area contributed by atoms with Crippen molar-refractivity contribution in [3.63, 3.8) is 0 Å². The SMILES string of the molecule is CCCCC(CC)CNCC(O)CO.CCCCC(CC)COCC(O)CO.CCCCC(CC)CSCC(O)CO. The Morgan fingerprint density at radius 3 is 1.48 bits per heavy atom. The molecule has 0 amide bonds. The highest BCUT2D eigenvalue weighted by Gasteiger charge is 2.09. The van der Waals surface area contributed by atoms with E-state index in [1.807, 2.05) is 0 Å². The second kappa shape index (κ2) is 37.2. The minimum Gasteiger partial charge on any atom is -0.394 e. The van der Waals surface area contributed by atoms with Crippen LogP contribution < -0.4 is 5.32 Å². The van der Waals surface area contributed by atoms with Crippen LogP contribution in [0.1, 0.15) is 119 Å². The molecule has 0 rings (SSSR count). The molecule has 0 aromatic carbocycles. The summed E-state index contributed by atoms with van der Waals surface area (Å²) in [4.78, 5) is 0. The Morgan fingerprint density at radius 1 is 0.548 bits per heavy atom. The summed E-state index contributed by atoms with van der Waals surface area (Å²) in [6.45, 7) is 15.1. The van der Waals surface area contributed by atoms with Gasteiger partial charge in [0.1, 0.15) is 6.10 Å². The van der Waals surface area contributed by atoms with E-state index in [4.69, 9.17) is 35.4 Å². The highest BCUT2D eigenvalue weighted by molar-refractivity contribution is 7.99. The topological polar surface area (TPSA) is 143 Å². The van der Waals surface area contributed by atoms with Crippen molar-refractivity contribution in [2.75, 3.05) is 57.6 Å². The molecular formula is C33H73NO7S. The van der Waals surface area contributed by atoms with Crippen molar-refractivity contribution < 1.29 is 35.4 Å². The maximum absolute atomic E-state index is 9.15. The van der Waals surface area contributed by atoms with E-state index in [0.29, 0.717) is 30.7 Å². The van der Waals surface area contributed by atoms with Gasteiger partial charge in [0, 0.05) is 18.9 Å². The molecule has 0 aromatic heterocycles. The standard InChI is InChI=1S/C11H25NO2.C11H24O3.C11H24O2S/c1-3-5-6-10(4-2)7-12-8-11(14)9-13;2*1-3-5-6-10(4-2)8-14-9-11(13)7-12/h10-14H,3-9H2,1-2H3;2*10-13H,3-9H2,1-2H3. The second-order valence-corrected chi connectivity index (χ2v) is 12.6. The first-order valence-corrected chi connectivity index (χ1v) is 18.1. The Kier molecular flexibility index (Phi) is 41.2. The van der Waals surface area contributed by atoms with E-state index in [2.05, 4.69) is 46.9 Å². The van der Waals surface area contributed by atoms with Gasteiger partial charge in [0.05, 0.1) is 38.6 Å². The van der Waals surface area contributed by atoms with Gasteiger partial charge in [-0.2, -0.15) is 11.8 Å². The third-order valence-electron chi connectivity index (χ3n) is 7.40. The van der Waals surface area contributed by atoms with E-state index < -0.39 is 18.3 Å². The van der Waals surface area contributed by atoms with Crippen molar-refractivity contribution in [2.24, 2.45) is 17.8 Å². The Bertz CT molecular complexity index is 427. The molecule has 0 spiro atoms. The Balaban J connectivity index is -0.000000543. The second-order valence-electron chi connectivity index (χ2n) is 11.5. The minimum absolute atomic E-state index is 0.112. The molecule has 0 fully saturated rings. The van der Waals surface area contributed by atoms with E-state index in [-0.39, 0.29) is 26.4 Å². The molecule has 0 saturated heterocycles. The van der Waals surface area contributed by atoms with Crippen LogP contribution in [0.25, 0.3) is 0 Å². The lowest BCUT2D eigenvalue weighted by Gasteiger charge is -2.16. The molecular weight excluding hydrogens is 554 g/mol. The molecule has 0 bridgehead atoms. The molecule has 0 aliphatic carbocycles. The Hall–Kier alpha value is 0.0300. The van der Waals surface area contributed by atoms with Crippen LogP contribution in [0, 0.1) is 17.8 Å². The monoisotopic (exact) mass is 628 g/mol. The highest BCUT2D eigenvalue weighted by Crippen LogP contribution is 2.19. The molecule has 0 heterocycles. The quantitative estimate of drug-likeness (QED) is 0.0669. The third-order valence-corrected chi connectivity index (χ3v) is 8.73. The number of aliphatic hydroxyl groups is 6. The van der Waals surface area contributed by atoms with Gasteiger partial charge in [0.2, 0.25) is 0 Å². The summed E-state index contributed by atoms with van der Waals surface area (Å²) in [5.41, 5.74) is 0. The average molecular weight is 628 g/mol. The van der Waals surface area contributed by atoms with E-state index in [0.717, 1.165) is 24.6 Å². The van der Waals surface area contributed by atoms with Crippen LogP contribution in [0.5, 0.6) is 0 Å².